The minimum Gasteiger partial charge on any atom is -0.342 e. The van der Waals surface area contributed by atoms with Gasteiger partial charge in [-0.3, -0.25) is 28.8 Å². The number of nitrogens with one attached hydrogen (secondary N) is 2. The van der Waals surface area contributed by atoms with Crippen LogP contribution in [0.4, 0.5) is 0 Å². The summed E-state index contributed by atoms with van der Waals surface area (Å²) in [5.41, 5.74) is 9.32. The molecule has 1 heterocycles. The number of carbonyl (C=O) groups excluding carboxylic acids is 6. The van der Waals surface area contributed by atoms with E-state index in [1.807, 2.05) is 60.7 Å². The van der Waals surface area contributed by atoms with E-state index < -0.39 is 73.7 Å². The number of nitrogens with two attached hydrogens (primary N) is 1. The first-order chi connectivity index (χ1) is 32.3. The summed E-state index contributed by atoms with van der Waals surface area (Å²) in [6, 6.07) is 36.3. The molecule has 0 aromatic heterocycles. The predicted molar refractivity (Wildman–Crippen MR) is 260 cm³/mol. The molecule has 0 radical (unpaired) electrons. The summed E-state index contributed by atoms with van der Waals surface area (Å²) in [5, 5.41) is 7.22. The van der Waals surface area contributed by atoms with E-state index in [0.717, 1.165) is 11.1 Å². The minimum absolute atomic E-state index is 0.0382. The summed E-state index contributed by atoms with van der Waals surface area (Å²) in [5.74, 6) is -3.51. The third-order valence-electron chi connectivity index (χ3n) is 11.3. The normalized spacial score (nSPS) is 17.3. The van der Waals surface area contributed by atoms with Gasteiger partial charge < -0.3 is 36.0 Å². The molecular formula is C51H54Cl3N7O6. The molecule has 0 bridgehead atoms. The van der Waals surface area contributed by atoms with Crippen LogP contribution >= 0.6 is 34.8 Å². The van der Waals surface area contributed by atoms with Gasteiger partial charge in [-0.15, -0.1) is 0 Å². The molecule has 2 atom stereocenters. The number of unbranched alkanes of at least 4 members (excludes halogenated alkanes) is 1. The topological polar surface area (TPSA) is 165 Å². The Kier molecular flexibility index (Phi) is 18.8. The second-order valence-electron chi connectivity index (χ2n) is 16.4. The van der Waals surface area contributed by atoms with Crippen LogP contribution in [0, 0.1) is 0 Å². The molecular weight excluding hydrogens is 913 g/mol. The van der Waals surface area contributed by atoms with Gasteiger partial charge in [0, 0.05) is 54.1 Å². The largest absolute Gasteiger partial charge is 0.342 e. The quantitative estimate of drug-likeness (QED) is 0.114. The lowest BCUT2D eigenvalue weighted by molar-refractivity contribution is -0.148. The van der Waals surface area contributed by atoms with Crippen molar-refractivity contribution in [2.45, 2.75) is 57.4 Å². The Hall–Kier alpha value is -6.25. The van der Waals surface area contributed by atoms with Gasteiger partial charge in [-0.1, -0.05) is 132 Å². The molecule has 1 fully saturated rings. The van der Waals surface area contributed by atoms with Crippen molar-refractivity contribution in [3.63, 3.8) is 0 Å². The van der Waals surface area contributed by atoms with E-state index in [4.69, 9.17) is 40.5 Å². The van der Waals surface area contributed by atoms with Crippen LogP contribution in [0.5, 0.6) is 0 Å². The van der Waals surface area contributed by atoms with E-state index in [2.05, 4.69) is 10.6 Å². The number of nitrogens with zero attached hydrogens (tertiary/aromatic N) is 4. The Morgan fingerprint density at radius 1 is 0.448 bits per heavy atom. The van der Waals surface area contributed by atoms with Crippen LogP contribution in [0.15, 0.2) is 133 Å². The second-order valence-corrected chi connectivity index (χ2v) is 17.8. The smallest absolute Gasteiger partial charge is 0.245 e. The minimum atomic E-state index is -1.20. The summed E-state index contributed by atoms with van der Waals surface area (Å²) >= 11 is 18.7. The monoisotopic (exact) mass is 965 g/mol. The van der Waals surface area contributed by atoms with Gasteiger partial charge in [0.1, 0.15) is 25.2 Å². The van der Waals surface area contributed by atoms with E-state index in [0.29, 0.717) is 51.1 Å². The lowest BCUT2D eigenvalue weighted by Gasteiger charge is -2.33. The molecule has 5 aromatic carbocycles. The fourth-order valence-corrected chi connectivity index (χ4v) is 8.02. The Balaban J connectivity index is 1.45. The number of hydrogen-bond donors (Lipinski definition) is 3. The molecule has 13 nitrogen and oxygen atoms in total. The van der Waals surface area contributed by atoms with Gasteiger partial charge in [0.2, 0.25) is 35.4 Å². The van der Waals surface area contributed by atoms with Crippen LogP contribution in [-0.4, -0.2) is 106 Å². The number of hydrogen-bond acceptors (Lipinski definition) is 7. The summed E-state index contributed by atoms with van der Waals surface area (Å²) in [7, 11) is 0. The van der Waals surface area contributed by atoms with Crippen LogP contribution in [0.1, 0.15) is 40.7 Å². The van der Waals surface area contributed by atoms with Gasteiger partial charge in [0.25, 0.3) is 0 Å². The number of halogens is 3. The molecule has 0 unspecified atom stereocenters. The van der Waals surface area contributed by atoms with E-state index >= 15 is 0 Å². The lowest BCUT2D eigenvalue weighted by Crippen LogP contribution is -2.58. The summed E-state index contributed by atoms with van der Waals surface area (Å²) in [4.78, 5) is 93.3. The van der Waals surface area contributed by atoms with Crippen LogP contribution in [-0.2, 0) is 61.2 Å². The molecule has 1 aliphatic rings. The first-order valence-corrected chi connectivity index (χ1v) is 23.2. The number of benzene rings is 5. The zero-order chi connectivity index (χ0) is 47.7. The van der Waals surface area contributed by atoms with E-state index in [1.54, 1.807) is 72.8 Å². The van der Waals surface area contributed by atoms with Crippen molar-refractivity contribution in [2.75, 3.05) is 39.3 Å². The number of amides is 6. The van der Waals surface area contributed by atoms with Crippen molar-refractivity contribution in [1.29, 1.82) is 0 Å². The van der Waals surface area contributed by atoms with Gasteiger partial charge >= 0.3 is 0 Å². The second kappa shape index (κ2) is 25.0. The van der Waals surface area contributed by atoms with Crippen molar-refractivity contribution in [2.24, 2.45) is 5.73 Å². The van der Waals surface area contributed by atoms with Crippen molar-refractivity contribution >= 4 is 70.2 Å². The van der Waals surface area contributed by atoms with Crippen molar-refractivity contribution in [3.05, 3.63) is 176 Å². The Morgan fingerprint density at radius 3 is 1.25 bits per heavy atom. The molecule has 0 aliphatic carbocycles. The fourth-order valence-electron chi connectivity index (χ4n) is 7.65. The van der Waals surface area contributed by atoms with E-state index in [-0.39, 0.29) is 39.0 Å². The zero-order valence-corrected chi connectivity index (χ0v) is 39.3. The standard InChI is InChI=1S/C51H54Cl3N7O6/c52-41-19-13-38(14-20-41)29-59-32-46(62)56-44(27-36-9-3-1-4-10-36)50(66)57-45(28-37-11-5-2-6-12-37)51(67)58(26-8-7-25-55)33-47(63)60(30-39-15-21-42(53)22-16-39)35-49(65)61(34-48(59)64)31-40-17-23-43(54)24-18-40/h1-6,9-24,44-45H,7-8,25-35,55H2,(H,56,62)(H,57,66)/t44-,45-/m0/s1. The number of rotatable bonds is 14. The Labute approximate surface area is 406 Å². The molecule has 16 heteroatoms. The maximum absolute atomic E-state index is 14.9. The summed E-state index contributed by atoms with van der Waals surface area (Å²) in [6.07, 6.45) is 1.12. The van der Waals surface area contributed by atoms with Crippen LogP contribution in [0.2, 0.25) is 15.1 Å². The average molecular weight is 967 g/mol. The van der Waals surface area contributed by atoms with Crippen molar-refractivity contribution < 1.29 is 28.8 Å². The Bertz CT molecular complexity index is 2450. The Morgan fingerprint density at radius 2 is 0.836 bits per heavy atom. The first kappa shape index (κ1) is 50.2. The van der Waals surface area contributed by atoms with Gasteiger partial charge in [0.15, 0.2) is 0 Å². The van der Waals surface area contributed by atoms with E-state index in [1.165, 1.54) is 19.6 Å². The molecule has 5 aromatic rings. The first-order valence-electron chi connectivity index (χ1n) is 22.1. The molecule has 1 aliphatic heterocycles. The average Bonchev–Trinajstić information content (AvgIpc) is 3.32. The molecule has 6 rings (SSSR count). The molecule has 6 amide bonds. The highest BCUT2D eigenvalue weighted by molar-refractivity contribution is 6.31. The molecule has 0 spiro atoms. The lowest BCUT2D eigenvalue weighted by atomic mass is 10.0. The van der Waals surface area contributed by atoms with E-state index in [9.17, 15) is 28.8 Å². The van der Waals surface area contributed by atoms with Crippen LogP contribution in [0.25, 0.3) is 0 Å². The SMILES string of the molecule is NCCCCN1CC(=O)N(Cc2ccc(Cl)cc2)CC(=O)N(Cc2ccc(Cl)cc2)CC(=O)N(Cc2ccc(Cl)cc2)CC(=O)N[C@@H](Cc2ccccc2)C(=O)N[C@@H](Cc2ccccc2)C1=O. The third kappa shape index (κ3) is 15.7. The highest BCUT2D eigenvalue weighted by Gasteiger charge is 2.34. The van der Waals surface area contributed by atoms with Gasteiger partial charge in [-0.05, 0) is 83.6 Å². The molecule has 1 saturated heterocycles. The maximum Gasteiger partial charge on any atom is 0.245 e. The summed E-state index contributed by atoms with van der Waals surface area (Å²) in [6.45, 7) is -1.56. The molecule has 350 valence electrons. The highest BCUT2D eigenvalue weighted by Crippen LogP contribution is 2.18. The molecule has 4 N–H and O–H groups in total. The number of carbonyl (C=O) groups is 6. The maximum atomic E-state index is 14.9. The highest BCUT2D eigenvalue weighted by atomic mass is 35.5. The van der Waals surface area contributed by atoms with Gasteiger partial charge in [0.05, 0.1) is 13.1 Å². The van der Waals surface area contributed by atoms with Crippen molar-refractivity contribution in [3.8, 4) is 0 Å². The zero-order valence-electron chi connectivity index (χ0n) is 37.0. The molecule has 0 saturated carbocycles. The third-order valence-corrected chi connectivity index (χ3v) is 12.0. The fraction of sp³-hybridized carbons (Fsp3) is 0.294. The molecule has 67 heavy (non-hydrogen) atoms. The van der Waals surface area contributed by atoms with Gasteiger partial charge in [-0.25, -0.2) is 0 Å². The summed E-state index contributed by atoms with van der Waals surface area (Å²) < 4.78 is 0. The van der Waals surface area contributed by atoms with Crippen LogP contribution in [0.3, 0.4) is 0 Å². The van der Waals surface area contributed by atoms with Crippen molar-refractivity contribution in [1.82, 2.24) is 30.2 Å². The predicted octanol–water partition coefficient (Wildman–Crippen LogP) is 6.07. The van der Waals surface area contributed by atoms with Crippen LogP contribution < -0.4 is 16.4 Å². The van der Waals surface area contributed by atoms with Gasteiger partial charge in [-0.2, -0.15) is 0 Å².